The van der Waals surface area contributed by atoms with Gasteiger partial charge in [-0.05, 0) is 107 Å². The number of allylic oxidation sites excluding steroid dienone is 1. The van der Waals surface area contributed by atoms with Gasteiger partial charge in [-0.15, -0.1) is 6.58 Å². The van der Waals surface area contributed by atoms with E-state index < -0.39 is 27.6 Å². The lowest BCUT2D eigenvalue weighted by molar-refractivity contribution is -0.385. The number of amides is 1. The summed E-state index contributed by atoms with van der Waals surface area (Å²) < 4.78 is 20.9. The molecule has 0 bridgehead atoms. The van der Waals surface area contributed by atoms with Crippen LogP contribution in [0, 0.1) is 38.0 Å². The molecule has 0 saturated heterocycles. The van der Waals surface area contributed by atoms with Crippen LogP contribution in [-0.2, 0) is 20.9 Å². The highest BCUT2D eigenvalue weighted by Gasteiger charge is 2.65. The molecule has 6 unspecified atom stereocenters. The smallest absolute Gasteiger partial charge is 0.273 e. The maximum Gasteiger partial charge on any atom is 0.273 e. The third-order valence-electron chi connectivity index (χ3n) is 13.5. The lowest BCUT2D eigenvalue weighted by Gasteiger charge is -2.60. The van der Waals surface area contributed by atoms with Crippen LogP contribution in [0.5, 0.6) is 17.2 Å². The average molecular weight is 937 g/mol. The standard InChI is InChI=1S/C54H56N4O11/c1-3-30-67-54-50(56(35-39-15-10-14-37-12-4-5-18-44(37)39)51(61)27-22-36-20-23-40(24-21-36)57(62)63)34-48(55-66-2)46-31-38(13-6-8-28-59)45(19-7-9-29-60)52(53(46)54)47-33-43(25-26-49(47)69-54)68-42-17-11-16-41(32-42)58(64)65/h3-5,10-12,14-18,20-27,31-33,38,45,50,52-53,59-60H,1,6-9,13,19,28-30,34-35H2,2H3. The lowest BCUT2D eigenvalue weighted by Crippen LogP contribution is -2.70. The normalized spacial score (nSPS) is 22.0. The van der Waals surface area contributed by atoms with Gasteiger partial charge in [-0.1, -0.05) is 78.7 Å². The van der Waals surface area contributed by atoms with E-state index >= 15 is 4.79 Å². The minimum Gasteiger partial charge on any atom is -0.459 e. The van der Waals surface area contributed by atoms with Gasteiger partial charge in [0.2, 0.25) is 11.7 Å². The van der Waals surface area contributed by atoms with E-state index in [9.17, 15) is 30.4 Å². The van der Waals surface area contributed by atoms with Crippen molar-refractivity contribution in [3.63, 3.8) is 0 Å². The first-order chi connectivity index (χ1) is 33.6. The average Bonchev–Trinajstić information content (AvgIpc) is 3.36. The quantitative estimate of drug-likeness (QED) is 0.0233. The molecule has 1 aliphatic heterocycles. The van der Waals surface area contributed by atoms with E-state index in [2.05, 4.69) is 12.7 Å². The van der Waals surface area contributed by atoms with Crippen LogP contribution in [0.15, 0.2) is 145 Å². The van der Waals surface area contributed by atoms with Crippen molar-refractivity contribution in [2.45, 2.75) is 69.2 Å². The summed E-state index contributed by atoms with van der Waals surface area (Å²) in [5, 5.41) is 49.8. The molecule has 358 valence electrons. The zero-order chi connectivity index (χ0) is 48.5. The first kappa shape index (κ1) is 48.3. The molecule has 2 N–H and O–H groups in total. The largest absolute Gasteiger partial charge is 0.459 e. The van der Waals surface area contributed by atoms with Gasteiger partial charge in [-0.2, -0.15) is 0 Å². The summed E-state index contributed by atoms with van der Waals surface area (Å²) in [5.74, 6) is -1.79. The van der Waals surface area contributed by atoms with Gasteiger partial charge in [-0.3, -0.25) is 25.0 Å². The molecule has 3 aliphatic rings. The Morgan fingerprint density at radius 1 is 0.884 bits per heavy atom. The molecule has 2 aliphatic carbocycles. The molecule has 0 spiro atoms. The number of fused-ring (bicyclic) bond motifs is 3. The summed E-state index contributed by atoms with van der Waals surface area (Å²) in [7, 11) is 1.49. The molecule has 1 heterocycles. The van der Waals surface area contributed by atoms with Crippen molar-refractivity contribution < 1.29 is 43.9 Å². The Balaban J connectivity index is 1.34. The molecule has 15 heteroatoms. The maximum absolute atomic E-state index is 15.3. The molecule has 5 aromatic rings. The van der Waals surface area contributed by atoms with E-state index in [1.807, 2.05) is 54.6 Å². The first-order valence-electron chi connectivity index (χ1n) is 23.3. The van der Waals surface area contributed by atoms with Crippen LogP contribution in [0.2, 0.25) is 0 Å². The Kier molecular flexibility index (Phi) is 15.3. The highest BCUT2D eigenvalue weighted by molar-refractivity contribution is 6.03. The third-order valence-corrected chi connectivity index (χ3v) is 13.5. The number of hydrogen-bond donors (Lipinski definition) is 2. The number of carbonyl (C=O) groups excluding carboxylic acids is 1. The van der Waals surface area contributed by atoms with Crippen molar-refractivity contribution in [1.82, 2.24) is 4.90 Å². The fourth-order valence-corrected chi connectivity index (χ4v) is 10.5. The molecule has 1 saturated carbocycles. The van der Waals surface area contributed by atoms with Gasteiger partial charge in [-0.25, -0.2) is 0 Å². The van der Waals surface area contributed by atoms with Crippen molar-refractivity contribution in [1.29, 1.82) is 0 Å². The molecular weight excluding hydrogens is 881 g/mol. The monoisotopic (exact) mass is 936 g/mol. The fourth-order valence-electron chi connectivity index (χ4n) is 10.5. The maximum atomic E-state index is 15.3. The van der Waals surface area contributed by atoms with E-state index in [0.717, 1.165) is 40.3 Å². The minimum absolute atomic E-state index is 0.0208. The van der Waals surface area contributed by atoms with E-state index in [1.165, 1.54) is 37.5 Å². The second-order valence-corrected chi connectivity index (χ2v) is 17.6. The van der Waals surface area contributed by atoms with Crippen LogP contribution in [-0.4, -0.2) is 75.3 Å². The van der Waals surface area contributed by atoms with Crippen LogP contribution < -0.4 is 9.47 Å². The summed E-state index contributed by atoms with van der Waals surface area (Å²) in [6.07, 6.45) is 11.3. The number of benzene rings is 5. The number of nitrogens with zero attached hydrogens (tertiary/aromatic N) is 4. The number of nitro benzene ring substituents is 2. The van der Waals surface area contributed by atoms with Crippen LogP contribution >= 0.6 is 0 Å². The molecule has 8 rings (SSSR count). The van der Waals surface area contributed by atoms with Gasteiger partial charge in [0.25, 0.3) is 11.4 Å². The number of carbonyl (C=O) groups is 1. The Morgan fingerprint density at radius 3 is 2.35 bits per heavy atom. The molecule has 6 atom stereocenters. The molecular formula is C54H56N4O11. The van der Waals surface area contributed by atoms with E-state index in [4.69, 9.17) is 24.2 Å². The zero-order valence-corrected chi connectivity index (χ0v) is 38.4. The lowest BCUT2D eigenvalue weighted by atomic mass is 9.55. The topological polar surface area (TPSA) is 196 Å². The van der Waals surface area contributed by atoms with Gasteiger partial charge in [0.15, 0.2) is 0 Å². The Labute approximate surface area is 400 Å². The van der Waals surface area contributed by atoms with Crippen molar-refractivity contribution in [3.8, 4) is 17.2 Å². The zero-order valence-electron chi connectivity index (χ0n) is 38.4. The van der Waals surface area contributed by atoms with E-state index in [0.29, 0.717) is 48.5 Å². The molecule has 15 nitrogen and oxygen atoms in total. The number of hydrogen-bond acceptors (Lipinski definition) is 12. The molecule has 0 radical (unpaired) electrons. The first-order valence-corrected chi connectivity index (χ1v) is 23.3. The molecule has 0 aromatic heterocycles. The number of unbranched alkanes of at least 4 members (excludes halogenated alkanes) is 2. The summed E-state index contributed by atoms with van der Waals surface area (Å²) in [5.41, 5.74) is 3.56. The van der Waals surface area contributed by atoms with E-state index in [1.54, 1.807) is 47.4 Å². The predicted molar refractivity (Wildman–Crippen MR) is 262 cm³/mol. The molecule has 1 fully saturated rings. The second kappa shape index (κ2) is 21.8. The summed E-state index contributed by atoms with van der Waals surface area (Å²) in [4.78, 5) is 45.0. The van der Waals surface area contributed by atoms with Gasteiger partial charge in [0.05, 0.1) is 34.1 Å². The Hall–Kier alpha value is -7.20. The van der Waals surface area contributed by atoms with Crippen molar-refractivity contribution in [2.24, 2.45) is 22.9 Å². The summed E-state index contributed by atoms with van der Waals surface area (Å²) in [6.45, 7) is 4.29. The summed E-state index contributed by atoms with van der Waals surface area (Å²) in [6, 6.07) is 30.5. The Morgan fingerprint density at radius 2 is 1.61 bits per heavy atom. The fraction of sp³-hybridized carbons (Fsp3) is 0.333. The van der Waals surface area contributed by atoms with Gasteiger partial charge < -0.3 is 34.2 Å². The van der Waals surface area contributed by atoms with Gasteiger partial charge >= 0.3 is 0 Å². The molecule has 5 aromatic carbocycles. The predicted octanol–water partition coefficient (Wildman–Crippen LogP) is 10.5. The van der Waals surface area contributed by atoms with Gasteiger partial charge in [0.1, 0.15) is 30.4 Å². The molecule has 69 heavy (non-hydrogen) atoms. The van der Waals surface area contributed by atoms with Crippen LogP contribution in [0.25, 0.3) is 16.8 Å². The van der Waals surface area contributed by atoms with Crippen molar-refractivity contribution in [2.75, 3.05) is 26.9 Å². The van der Waals surface area contributed by atoms with Crippen molar-refractivity contribution in [3.05, 3.63) is 176 Å². The highest BCUT2D eigenvalue weighted by Crippen LogP contribution is 2.62. The second-order valence-electron chi connectivity index (χ2n) is 17.6. The number of ether oxygens (including phenoxy) is 3. The van der Waals surface area contributed by atoms with Gasteiger partial charge in [0, 0.05) is 61.9 Å². The highest BCUT2D eigenvalue weighted by atomic mass is 16.7. The summed E-state index contributed by atoms with van der Waals surface area (Å²) >= 11 is 0. The third kappa shape index (κ3) is 10.3. The molecule has 1 amide bonds. The minimum atomic E-state index is -1.57. The number of oxime groups is 1. The number of aliphatic hydroxyl groups excluding tert-OH is 2. The van der Waals surface area contributed by atoms with Crippen LogP contribution in [0.3, 0.4) is 0 Å². The SMILES string of the molecule is C=CCOC12Oc3ccc(Oc4cccc([N+](=O)[O-])c4)cc3C3C(CCCCO)C(CCCCO)C=C(C(=NOC)CC1N(Cc1cccc4ccccc14)C(=O)C=Cc1ccc([N+](=O)[O-])cc1)C32. The van der Waals surface area contributed by atoms with Crippen LogP contribution in [0.4, 0.5) is 11.4 Å². The number of non-ortho nitro benzene ring substituents is 2. The number of aliphatic hydroxyl groups is 2. The number of rotatable bonds is 21. The number of nitro groups is 2. The Bertz CT molecular complexity index is 2770. The van der Waals surface area contributed by atoms with Crippen molar-refractivity contribution >= 4 is 39.8 Å². The van der Waals surface area contributed by atoms with E-state index in [-0.39, 0.29) is 73.6 Å². The van der Waals surface area contributed by atoms with Crippen LogP contribution in [0.1, 0.15) is 67.6 Å².